The summed E-state index contributed by atoms with van der Waals surface area (Å²) in [4.78, 5) is 13.1. The van der Waals surface area contributed by atoms with Crippen molar-refractivity contribution in [1.82, 2.24) is 30.3 Å². The first-order chi connectivity index (χ1) is 13.8. The molecule has 2 N–H and O–H groups in total. The van der Waals surface area contributed by atoms with Gasteiger partial charge >= 0.3 is 0 Å². The molecule has 3 heterocycles. The van der Waals surface area contributed by atoms with E-state index in [1.54, 1.807) is 13.3 Å². The summed E-state index contributed by atoms with van der Waals surface area (Å²) in [6.45, 7) is 0. The molecule has 1 aromatic carbocycles. The number of hydrogen-bond donors (Lipinski definition) is 2. The van der Waals surface area contributed by atoms with E-state index in [1.165, 1.54) is 6.33 Å². The molecule has 9 nitrogen and oxygen atoms in total. The quantitative estimate of drug-likeness (QED) is 0.545. The van der Waals surface area contributed by atoms with Crippen LogP contribution in [0.3, 0.4) is 0 Å². The summed E-state index contributed by atoms with van der Waals surface area (Å²) in [6, 6.07) is 7.92. The first-order valence-corrected chi connectivity index (χ1v) is 9.19. The number of hydrogen-bond acceptors (Lipinski definition) is 8. The number of anilines is 1. The second-order valence-corrected chi connectivity index (χ2v) is 6.89. The number of H-pyrrole nitrogens is 1. The van der Waals surface area contributed by atoms with Crippen molar-refractivity contribution >= 4 is 16.9 Å². The fraction of sp³-hybridized carbons (Fsp3) is 0.316. The van der Waals surface area contributed by atoms with Crippen LogP contribution in [0.4, 0.5) is 5.82 Å². The Hall–Kier alpha value is -3.49. The zero-order chi connectivity index (χ0) is 18.9. The molecule has 0 aliphatic heterocycles. The van der Waals surface area contributed by atoms with Crippen LogP contribution in [-0.4, -0.2) is 43.5 Å². The Morgan fingerprint density at radius 2 is 2.07 bits per heavy atom. The van der Waals surface area contributed by atoms with Gasteiger partial charge in [0.05, 0.1) is 18.7 Å². The van der Waals surface area contributed by atoms with Crippen LogP contribution in [0.5, 0.6) is 5.75 Å². The molecule has 4 aromatic rings. The highest BCUT2D eigenvalue weighted by atomic mass is 16.5. The zero-order valence-corrected chi connectivity index (χ0v) is 15.3. The molecule has 0 amide bonds. The van der Waals surface area contributed by atoms with Gasteiger partial charge in [-0.3, -0.25) is 5.10 Å². The van der Waals surface area contributed by atoms with Gasteiger partial charge in [0.2, 0.25) is 11.7 Å². The Labute approximate surface area is 160 Å². The summed E-state index contributed by atoms with van der Waals surface area (Å²) in [5.41, 5.74) is 1.64. The molecular formula is C19H19N7O2. The highest BCUT2D eigenvalue weighted by Crippen LogP contribution is 2.36. The van der Waals surface area contributed by atoms with E-state index in [1.807, 2.05) is 24.3 Å². The molecule has 2 atom stereocenters. The number of ether oxygens (including phenoxy) is 1. The van der Waals surface area contributed by atoms with Crippen LogP contribution in [0.25, 0.3) is 22.4 Å². The van der Waals surface area contributed by atoms with Crippen molar-refractivity contribution in [1.29, 1.82) is 0 Å². The first-order valence-electron chi connectivity index (χ1n) is 9.19. The van der Waals surface area contributed by atoms with Crippen LogP contribution >= 0.6 is 0 Å². The average Bonchev–Trinajstić information content (AvgIpc) is 3.48. The van der Waals surface area contributed by atoms with Crippen LogP contribution < -0.4 is 10.1 Å². The number of nitrogens with one attached hydrogen (secondary N) is 2. The molecule has 28 heavy (non-hydrogen) atoms. The van der Waals surface area contributed by atoms with Gasteiger partial charge in [-0.2, -0.15) is 10.1 Å². The van der Waals surface area contributed by atoms with Crippen LogP contribution in [-0.2, 0) is 0 Å². The number of aromatic amines is 1. The van der Waals surface area contributed by atoms with Crippen molar-refractivity contribution in [2.24, 2.45) is 0 Å². The van der Waals surface area contributed by atoms with Crippen LogP contribution in [0, 0.1) is 0 Å². The highest BCUT2D eigenvalue weighted by molar-refractivity contribution is 5.85. The number of aromatic nitrogens is 6. The maximum Gasteiger partial charge on any atom is 0.230 e. The monoisotopic (exact) mass is 377 g/mol. The number of methoxy groups -OCH3 is 1. The lowest BCUT2D eigenvalue weighted by Gasteiger charge is -2.13. The molecule has 0 unspecified atom stereocenters. The van der Waals surface area contributed by atoms with Gasteiger partial charge in [0, 0.05) is 17.5 Å². The predicted octanol–water partition coefficient (Wildman–Crippen LogP) is 3.16. The highest BCUT2D eigenvalue weighted by Gasteiger charge is 2.30. The third kappa shape index (κ3) is 3.04. The van der Waals surface area contributed by atoms with E-state index in [9.17, 15) is 0 Å². The second kappa shape index (κ2) is 6.91. The topological polar surface area (TPSA) is 115 Å². The van der Waals surface area contributed by atoms with Crippen molar-refractivity contribution in [3.63, 3.8) is 0 Å². The van der Waals surface area contributed by atoms with Gasteiger partial charge in [0.15, 0.2) is 5.65 Å². The summed E-state index contributed by atoms with van der Waals surface area (Å²) >= 11 is 0. The summed E-state index contributed by atoms with van der Waals surface area (Å²) < 4.78 is 10.7. The SMILES string of the molecule is COc1ccc(-c2noc([C@H]3CC[C@H](Nc4ncnc5[nH]ncc45)C3)n2)cc1. The van der Waals surface area contributed by atoms with E-state index >= 15 is 0 Å². The lowest BCUT2D eigenvalue weighted by molar-refractivity contribution is 0.354. The standard InChI is InChI=1S/C19H19N7O2/c1-27-14-6-3-11(4-7-14)16-24-19(28-26-16)12-2-5-13(8-12)23-17-15-9-22-25-18(15)21-10-20-17/h3-4,6-7,9-10,12-13H,2,5,8H2,1H3,(H2,20,21,22,23,25)/t12-,13-/m0/s1. The van der Waals surface area contributed by atoms with Gasteiger partial charge in [-0.1, -0.05) is 5.16 Å². The molecule has 0 saturated heterocycles. The molecule has 5 rings (SSSR count). The van der Waals surface area contributed by atoms with Gasteiger partial charge in [0.1, 0.15) is 17.9 Å². The molecule has 0 radical (unpaired) electrons. The van der Waals surface area contributed by atoms with E-state index in [0.717, 1.165) is 47.4 Å². The molecule has 0 spiro atoms. The minimum Gasteiger partial charge on any atom is -0.497 e. The lowest BCUT2D eigenvalue weighted by atomic mass is 10.1. The van der Waals surface area contributed by atoms with Gasteiger partial charge < -0.3 is 14.6 Å². The molecular weight excluding hydrogens is 358 g/mol. The van der Waals surface area contributed by atoms with Crippen LogP contribution in [0.1, 0.15) is 31.1 Å². The van der Waals surface area contributed by atoms with Crippen molar-refractivity contribution in [3.8, 4) is 17.1 Å². The number of fused-ring (bicyclic) bond motifs is 1. The van der Waals surface area contributed by atoms with Crippen molar-refractivity contribution in [2.75, 3.05) is 12.4 Å². The largest absolute Gasteiger partial charge is 0.497 e. The van der Waals surface area contributed by atoms with E-state index in [0.29, 0.717) is 11.7 Å². The second-order valence-electron chi connectivity index (χ2n) is 6.89. The number of rotatable bonds is 5. The van der Waals surface area contributed by atoms with Gasteiger partial charge in [-0.15, -0.1) is 0 Å². The molecule has 0 bridgehead atoms. The Kier molecular flexibility index (Phi) is 4.12. The van der Waals surface area contributed by atoms with E-state index in [-0.39, 0.29) is 12.0 Å². The maximum absolute atomic E-state index is 5.56. The Bertz CT molecular complexity index is 1090. The number of benzene rings is 1. The Balaban J connectivity index is 1.28. The van der Waals surface area contributed by atoms with E-state index in [2.05, 4.69) is 35.6 Å². The maximum atomic E-state index is 5.56. The third-order valence-corrected chi connectivity index (χ3v) is 5.16. The molecule has 9 heteroatoms. The zero-order valence-electron chi connectivity index (χ0n) is 15.3. The Morgan fingerprint density at radius 3 is 2.93 bits per heavy atom. The third-order valence-electron chi connectivity index (χ3n) is 5.16. The molecule has 3 aromatic heterocycles. The summed E-state index contributed by atoms with van der Waals surface area (Å²) in [5, 5.41) is 15.4. The molecule has 1 aliphatic carbocycles. The minimum absolute atomic E-state index is 0.235. The normalized spacial score (nSPS) is 19.2. The molecule has 142 valence electrons. The van der Waals surface area contributed by atoms with Crippen molar-refractivity contribution in [2.45, 2.75) is 31.2 Å². The number of nitrogens with zero attached hydrogens (tertiary/aromatic N) is 5. The van der Waals surface area contributed by atoms with Gasteiger partial charge in [-0.05, 0) is 43.5 Å². The average molecular weight is 377 g/mol. The fourth-order valence-corrected chi connectivity index (χ4v) is 3.67. The molecule has 1 aliphatic rings. The van der Waals surface area contributed by atoms with E-state index in [4.69, 9.17) is 9.26 Å². The Morgan fingerprint density at radius 1 is 1.18 bits per heavy atom. The lowest BCUT2D eigenvalue weighted by Crippen LogP contribution is -2.16. The first kappa shape index (κ1) is 16.7. The van der Waals surface area contributed by atoms with Crippen molar-refractivity contribution in [3.05, 3.63) is 42.7 Å². The molecule has 1 fully saturated rings. The van der Waals surface area contributed by atoms with E-state index < -0.39 is 0 Å². The van der Waals surface area contributed by atoms with Gasteiger partial charge in [0.25, 0.3) is 0 Å². The van der Waals surface area contributed by atoms with Crippen molar-refractivity contribution < 1.29 is 9.26 Å². The minimum atomic E-state index is 0.235. The molecule has 1 saturated carbocycles. The van der Waals surface area contributed by atoms with Gasteiger partial charge in [-0.25, -0.2) is 9.97 Å². The predicted molar refractivity (Wildman–Crippen MR) is 102 cm³/mol. The summed E-state index contributed by atoms with van der Waals surface area (Å²) in [6.07, 6.45) is 6.18. The summed E-state index contributed by atoms with van der Waals surface area (Å²) in [7, 11) is 1.64. The summed E-state index contributed by atoms with van der Waals surface area (Å²) in [5.74, 6) is 3.12. The van der Waals surface area contributed by atoms with Crippen LogP contribution in [0.15, 0.2) is 41.3 Å². The van der Waals surface area contributed by atoms with Crippen LogP contribution in [0.2, 0.25) is 0 Å². The smallest absolute Gasteiger partial charge is 0.230 e. The fourth-order valence-electron chi connectivity index (χ4n) is 3.67.